The molecule has 0 rings (SSSR count). The topological polar surface area (TPSA) is 71.1 Å². The highest BCUT2D eigenvalue weighted by Gasteiger charge is 2.18. The SMILES string of the molecule is CCCCCCCCCCCCCCCCCC(=O)S([O])(=O)=O. The van der Waals surface area contributed by atoms with Gasteiger partial charge in [0.05, 0.1) is 0 Å². The lowest BCUT2D eigenvalue weighted by Crippen LogP contribution is -2.11. The Labute approximate surface area is 143 Å². The van der Waals surface area contributed by atoms with E-state index in [0.717, 1.165) is 19.3 Å². The Kier molecular flexibility index (Phi) is 14.9. The van der Waals surface area contributed by atoms with Crippen LogP contribution in [0, 0.1) is 0 Å². The first kappa shape index (κ1) is 22.6. The third kappa shape index (κ3) is 16.2. The summed E-state index contributed by atoms with van der Waals surface area (Å²) < 4.78 is 31.2. The molecule has 0 aliphatic rings. The molecule has 0 spiro atoms. The maximum absolute atomic E-state index is 10.9. The molecule has 0 heterocycles. The van der Waals surface area contributed by atoms with Crippen molar-refractivity contribution in [3.63, 3.8) is 0 Å². The molecule has 0 fully saturated rings. The second kappa shape index (κ2) is 15.1. The average molecular weight is 348 g/mol. The van der Waals surface area contributed by atoms with Gasteiger partial charge in [-0.2, -0.15) is 8.42 Å². The third-order valence-corrected chi connectivity index (χ3v) is 5.03. The molecule has 23 heavy (non-hydrogen) atoms. The van der Waals surface area contributed by atoms with Crippen LogP contribution in [0.2, 0.25) is 0 Å². The number of hydrogen-bond donors (Lipinski definition) is 0. The number of unbranched alkanes of at least 4 members (excludes halogenated alkanes) is 14. The highest BCUT2D eigenvalue weighted by molar-refractivity contribution is 8.00. The van der Waals surface area contributed by atoms with E-state index in [-0.39, 0.29) is 6.42 Å². The minimum Gasteiger partial charge on any atom is -0.279 e. The van der Waals surface area contributed by atoms with E-state index in [1.54, 1.807) is 0 Å². The van der Waals surface area contributed by atoms with E-state index in [2.05, 4.69) is 6.92 Å². The Balaban J connectivity index is 3.15. The van der Waals surface area contributed by atoms with Crippen LogP contribution in [0.5, 0.6) is 0 Å². The summed E-state index contributed by atoms with van der Waals surface area (Å²) in [4.78, 5) is 10.9. The molecule has 0 amide bonds. The Bertz CT molecular complexity index is 376. The van der Waals surface area contributed by atoms with Crippen molar-refractivity contribution in [1.82, 2.24) is 0 Å². The van der Waals surface area contributed by atoms with Crippen molar-refractivity contribution in [2.24, 2.45) is 0 Å². The second-order valence-corrected chi connectivity index (χ2v) is 7.89. The van der Waals surface area contributed by atoms with Crippen molar-refractivity contribution in [3.8, 4) is 0 Å². The zero-order valence-electron chi connectivity index (χ0n) is 14.9. The van der Waals surface area contributed by atoms with Crippen LogP contribution < -0.4 is 0 Å². The molecule has 0 bridgehead atoms. The zero-order chi connectivity index (χ0) is 17.4. The molecule has 0 aromatic rings. The predicted octanol–water partition coefficient (Wildman–Crippen LogP) is 5.53. The Hall–Kier alpha value is -0.420. The molecule has 0 unspecified atom stereocenters. The monoisotopic (exact) mass is 347 g/mol. The maximum Gasteiger partial charge on any atom is 0.358 e. The van der Waals surface area contributed by atoms with Crippen molar-refractivity contribution < 1.29 is 17.8 Å². The largest absolute Gasteiger partial charge is 0.358 e. The molecule has 0 saturated heterocycles. The van der Waals surface area contributed by atoms with Gasteiger partial charge in [-0.05, 0) is 6.42 Å². The van der Waals surface area contributed by atoms with Gasteiger partial charge >= 0.3 is 10.1 Å². The summed E-state index contributed by atoms with van der Waals surface area (Å²) in [5, 5.41) is -1.16. The van der Waals surface area contributed by atoms with E-state index < -0.39 is 15.2 Å². The number of carbonyl (C=O) groups is 1. The Morgan fingerprint density at radius 3 is 1.22 bits per heavy atom. The zero-order valence-corrected chi connectivity index (χ0v) is 15.7. The van der Waals surface area contributed by atoms with Crippen molar-refractivity contribution in [1.29, 1.82) is 0 Å². The van der Waals surface area contributed by atoms with Crippen LogP contribution in [0.1, 0.15) is 110 Å². The first-order valence-electron chi connectivity index (χ1n) is 9.47. The number of rotatable bonds is 16. The molecule has 1 radical (unpaired) electrons. The molecular weight excluding hydrogens is 312 g/mol. The van der Waals surface area contributed by atoms with Gasteiger partial charge in [0.25, 0.3) is 5.12 Å². The average Bonchev–Trinajstić information content (AvgIpc) is 2.50. The molecular formula is C18H35O4S. The fraction of sp³-hybridized carbons (Fsp3) is 0.944. The first-order chi connectivity index (χ1) is 11.0. The van der Waals surface area contributed by atoms with Crippen LogP contribution in [0.15, 0.2) is 0 Å². The van der Waals surface area contributed by atoms with Gasteiger partial charge in [0.2, 0.25) is 0 Å². The lowest BCUT2D eigenvalue weighted by atomic mass is 10.0. The Morgan fingerprint density at radius 2 is 0.913 bits per heavy atom. The van der Waals surface area contributed by atoms with Crippen molar-refractivity contribution in [2.75, 3.05) is 0 Å². The van der Waals surface area contributed by atoms with Gasteiger partial charge in [-0.1, -0.05) is 101 Å². The molecule has 0 aliphatic heterocycles. The molecule has 0 aromatic heterocycles. The first-order valence-corrected chi connectivity index (χ1v) is 10.9. The molecule has 0 aromatic carbocycles. The van der Waals surface area contributed by atoms with Crippen molar-refractivity contribution in [3.05, 3.63) is 0 Å². The fourth-order valence-electron chi connectivity index (χ4n) is 2.77. The van der Waals surface area contributed by atoms with Gasteiger partial charge in [0.15, 0.2) is 0 Å². The van der Waals surface area contributed by atoms with Gasteiger partial charge < -0.3 is 0 Å². The normalized spacial score (nSPS) is 11.7. The lowest BCUT2D eigenvalue weighted by Gasteiger charge is -2.03. The lowest BCUT2D eigenvalue weighted by molar-refractivity contribution is -0.112. The second-order valence-electron chi connectivity index (χ2n) is 6.53. The summed E-state index contributed by atoms with van der Waals surface area (Å²) in [6.45, 7) is 2.25. The van der Waals surface area contributed by atoms with E-state index in [1.165, 1.54) is 70.6 Å². The summed E-state index contributed by atoms with van der Waals surface area (Å²) in [6, 6.07) is 0. The van der Waals surface area contributed by atoms with Crippen molar-refractivity contribution >= 4 is 15.2 Å². The Morgan fingerprint density at radius 1 is 0.609 bits per heavy atom. The molecule has 0 N–H and O–H groups in total. The van der Waals surface area contributed by atoms with E-state index in [0.29, 0.717) is 6.42 Å². The molecule has 4 nitrogen and oxygen atoms in total. The fourth-order valence-corrected chi connectivity index (χ4v) is 3.16. The smallest absolute Gasteiger partial charge is 0.279 e. The van der Waals surface area contributed by atoms with E-state index >= 15 is 0 Å². The molecule has 0 saturated carbocycles. The maximum atomic E-state index is 10.9. The van der Waals surface area contributed by atoms with Crippen LogP contribution in [0.3, 0.4) is 0 Å². The highest BCUT2D eigenvalue weighted by atomic mass is 32.2. The van der Waals surface area contributed by atoms with Gasteiger partial charge in [-0.3, -0.25) is 4.79 Å². The van der Waals surface area contributed by atoms with Crippen LogP contribution in [-0.4, -0.2) is 13.5 Å². The summed E-state index contributed by atoms with van der Waals surface area (Å²) in [6.07, 6.45) is 18.1. The standard InChI is InChI=1S/C18H35O4S/c1-2-3-4-5-6-7-8-9-10-11-12-13-14-15-16-17-18(19)23(20,21)22/h2-17H2,1H3. The predicted molar refractivity (Wildman–Crippen MR) is 94.2 cm³/mol. The summed E-state index contributed by atoms with van der Waals surface area (Å²) >= 11 is 0. The van der Waals surface area contributed by atoms with Crippen LogP contribution in [-0.2, 0) is 19.5 Å². The van der Waals surface area contributed by atoms with Gasteiger partial charge in [0, 0.05) is 6.42 Å². The number of hydrogen-bond acceptors (Lipinski definition) is 3. The van der Waals surface area contributed by atoms with Gasteiger partial charge in [-0.15, -0.1) is 0 Å². The minimum absolute atomic E-state index is 0.121. The van der Waals surface area contributed by atoms with Crippen molar-refractivity contribution in [2.45, 2.75) is 110 Å². The molecule has 0 aliphatic carbocycles. The van der Waals surface area contributed by atoms with Crippen LogP contribution >= 0.6 is 0 Å². The van der Waals surface area contributed by atoms with Gasteiger partial charge in [-0.25, -0.2) is 0 Å². The minimum atomic E-state index is -4.71. The van der Waals surface area contributed by atoms with E-state index in [1.807, 2.05) is 0 Å². The summed E-state index contributed by atoms with van der Waals surface area (Å²) in [7, 11) is -4.71. The quantitative estimate of drug-likeness (QED) is 0.344. The van der Waals surface area contributed by atoms with E-state index in [4.69, 9.17) is 0 Å². The molecule has 5 heteroatoms. The van der Waals surface area contributed by atoms with Crippen LogP contribution in [0.25, 0.3) is 0 Å². The molecule has 137 valence electrons. The third-order valence-electron chi connectivity index (χ3n) is 4.26. The van der Waals surface area contributed by atoms with Crippen LogP contribution in [0.4, 0.5) is 0 Å². The number of carbonyl (C=O) groups excluding carboxylic acids is 1. The summed E-state index contributed by atoms with van der Waals surface area (Å²) in [5.74, 6) is 0. The van der Waals surface area contributed by atoms with Gasteiger partial charge in [0.1, 0.15) is 0 Å². The highest BCUT2D eigenvalue weighted by Crippen LogP contribution is 2.14. The molecule has 0 atom stereocenters. The summed E-state index contributed by atoms with van der Waals surface area (Å²) in [5.41, 5.74) is 0. The van der Waals surface area contributed by atoms with E-state index in [9.17, 15) is 17.8 Å².